The molecule has 114 valence electrons. The van der Waals surface area contributed by atoms with E-state index >= 15 is 0 Å². The molecule has 0 radical (unpaired) electrons. The molecule has 1 aliphatic carbocycles. The summed E-state index contributed by atoms with van der Waals surface area (Å²) in [5.41, 5.74) is 3.47. The number of ether oxygens (including phenoxy) is 1. The Morgan fingerprint density at radius 2 is 2.05 bits per heavy atom. The first-order valence-electron chi connectivity index (χ1n) is 7.37. The second kappa shape index (κ2) is 6.53. The Kier molecular flexibility index (Phi) is 4.48. The van der Waals surface area contributed by atoms with Gasteiger partial charge in [0.05, 0.1) is 0 Å². The van der Waals surface area contributed by atoms with Crippen molar-refractivity contribution in [2.75, 3.05) is 0 Å². The Bertz CT molecular complexity index is 672. The van der Waals surface area contributed by atoms with E-state index < -0.39 is 0 Å². The molecular weight excluding hydrogens is 342 g/mol. The molecule has 1 saturated carbocycles. The first-order chi connectivity index (χ1) is 10.6. The number of benzene rings is 2. The Balaban J connectivity index is 1.50. The maximum Gasteiger partial charge on any atom is 0.407 e. The van der Waals surface area contributed by atoms with Crippen molar-refractivity contribution in [3.63, 3.8) is 0 Å². The number of hydrogen-bond acceptors (Lipinski definition) is 2. The SMILES string of the molecule is Cc1ccc([C@@H]2C[C@H]2NC(=O)OCc2ccccc2)c(Br)c1. The summed E-state index contributed by atoms with van der Waals surface area (Å²) in [5, 5.41) is 2.93. The van der Waals surface area contributed by atoms with E-state index in [4.69, 9.17) is 4.74 Å². The van der Waals surface area contributed by atoms with Crippen LogP contribution in [0.15, 0.2) is 53.0 Å². The molecule has 1 fully saturated rings. The lowest BCUT2D eigenvalue weighted by atomic mass is 10.1. The highest BCUT2D eigenvalue weighted by Crippen LogP contribution is 2.44. The van der Waals surface area contributed by atoms with Crippen molar-refractivity contribution in [1.82, 2.24) is 5.32 Å². The summed E-state index contributed by atoms with van der Waals surface area (Å²) in [7, 11) is 0. The highest BCUT2D eigenvalue weighted by atomic mass is 79.9. The third-order valence-electron chi connectivity index (χ3n) is 3.86. The van der Waals surface area contributed by atoms with Crippen LogP contribution >= 0.6 is 15.9 Å². The Morgan fingerprint density at radius 1 is 1.27 bits per heavy atom. The molecule has 0 unspecified atom stereocenters. The lowest BCUT2D eigenvalue weighted by molar-refractivity contribution is 0.139. The zero-order chi connectivity index (χ0) is 15.5. The van der Waals surface area contributed by atoms with Crippen LogP contribution in [0.3, 0.4) is 0 Å². The third-order valence-corrected chi connectivity index (χ3v) is 4.55. The quantitative estimate of drug-likeness (QED) is 0.869. The van der Waals surface area contributed by atoms with Crippen LogP contribution in [0.2, 0.25) is 0 Å². The summed E-state index contributed by atoms with van der Waals surface area (Å²) in [6.07, 6.45) is 0.613. The number of aryl methyl sites for hydroxylation is 1. The Morgan fingerprint density at radius 3 is 2.77 bits per heavy atom. The minimum atomic E-state index is -0.348. The molecule has 1 N–H and O–H groups in total. The van der Waals surface area contributed by atoms with Gasteiger partial charge in [-0.2, -0.15) is 0 Å². The minimum absolute atomic E-state index is 0.169. The van der Waals surface area contributed by atoms with Gasteiger partial charge in [0.15, 0.2) is 0 Å². The van der Waals surface area contributed by atoms with Gasteiger partial charge in [-0.1, -0.05) is 58.4 Å². The zero-order valence-corrected chi connectivity index (χ0v) is 14.0. The van der Waals surface area contributed by atoms with E-state index in [2.05, 4.69) is 46.4 Å². The monoisotopic (exact) mass is 359 g/mol. The normalized spacial score (nSPS) is 19.5. The van der Waals surface area contributed by atoms with Gasteiger partial charge in [-0.25, -0.2) is 4.79 Å². The fraction of sp³-hybridized carbons (Fsp3) is 0.278. The number of nitrogens with one attached hydrogen (secondary N) is 1. The van der Waals surface area contributed by atoms with E-state index in [9.17, 15) is 4.79 Å². The maximum atomic E-state index is 11.8. The molecule has 3 nitrogen and oxygen atoms in total. The van der Waals surface area contributed by atoms with Crippen molar-refractivity contribution in [3.05, 3.63) is 69.7 Å². The number of alkyl carbamates (subject to hydrolysis) is 1. The van der Waals surface area contributed by atoms with Crippen molar-refractivity contribution in [3.8, 4) is 0 Å². The van der Waals surface area contributed by atoms with E-state index in [-0.39, 0.29) is 12.1 Å². The Labute approximate surface area is 138 Å². The summed E-state index contributed by atoms with van der Waals surface area (Å²) in [5.74, 6) is 0.374. The van der Waals surface area contributed by atoms with Crippen LogP contribution in [0, 0.1) is 6.92 Å². The first-order valence-corrected chi connectivity index (χ1v) is 8.16. The van der Waals surface area contributed by atoms with Gasteiger partial charge >= 0.3 is 6.09 Å². The molecule has 0 saturated heterocycles. The summed E-state index contributed by atoms with van der Waals surface area (Å²) in [4.78, 5) is 11.8. The molecule has 2 aromatic rings. The molecule has 3 rings (SSSR count). The van der Waals surface area contributed by atoms with Crippen molar-refractivity contribution >= 4 is 22.0 Å². The number of hydrogen-bond donors (Lipinski definition) is 1. The van der Waals surface area contributed by atoms with Gasteiger partial charge in [0.25, 0.3) is 0 Å². The van der Waals surface area contributed by atoms with E-state index in [0.29, 0.717) is 12.5 Å². The minimum Gasteiger partial charge on any atom is -0.445 e. The topological polar surface area (TPSA) is 38.3 Å². The fourth-order valence-electron chi connectivity index (χ4n) is 2.55. The Hall–Kier alpha value is -1.81. The van der Waals surface area contributed by atoms with Crippen LogP contribution in [0.25, 0.3) is 0 Å². The highest BCUT2D eigenvalue weighted by Gasteiger charge is 2.40. The first kappa shape index (κ1) is 15.1. The van der Waals surface area contributed by atoms with E-state index in [1.807, 2.05) is 30.3 Å². The molecule has 0 aromatic heterocycles. The van der Waals surface area contributed by atoms with Crippen molar-refractivity contribution in [2.24, 2.45) is 0 Å². The maximum absolute atomic E-state index is 11.8. The number of rotatable bonds is 4. The van der Waals surface area contributed by atoms with Crippen molar-refractivity contribution in [2.45, 2.75) is 31.9 Å². The lowest BCUT2D eigenvalue weighted by Gasteiger charge is -2.08. The third kappa shape index (κ3) is 3.69. The van der Waals surface area contributed by atoms with Gasteiger partial charge in [-0.05, 0) is 36.1 Å². The van der Waals surface area contributed by atoms with E-state index in [0.717, 1.165) is 16.5 Å². The molecule has 2 aromatic carbocycles. The summed E-state index contributed by atoms with van der Waals surface area (Å²) >= 11 is 3.60. The standard InChI is InChI=1S/C18H18BrNO2/c1-12-7-8-14(16(19)9-12)15-10-17(15)20-18(21)22-11-13-5-3-2-4-6-13/h2-9,15,17H,10-11H2,1H3,(H,20,21)/t15-,17+/m0/s1. The zero-order valence-electron chi connectivity index (χ0n) is 12.4. The second-order valence-electron chi connectivity index (χ2n) is 5.68. The summed E-state index contributed by atoms with van der Waals surface area (Å²) in [6.45, 7) is 2.37. The average Bonchev–Trinajstić information content (AvgIpc) is 3.25. The van der Waals surface area contributed by atoms with Gasteiger partial charge in [-0.15, -0.1) is 0 Å². The van der Waals surface area contributed by atoms with Crippen molar-refractivity contribution in [1.29, 1.82) is 0 Å². The van der Waals surface area contributed by atoms with Gasteiger partial charge in [0, 0.05) is 16.4 Å². The molecule has 0 heterocycles. The molecule has 4 heteroatoms. The second-order valence-corrected chi connectivity index (χ2v) is 6.53. The average molecular weight is 360 g/mol. The molecule has 0 spiro atoms. The molecule has 1 aliphatic rings. The summed E-state index contributed by atoms with van der Waals surface area (Å²) < 4.78 is 6.36. The predicted octanol–water partition coefficient (Wildman–Crippen LogP) is 4.54. The van der Waals surface area contributed by atoms with E-state index in [1.54, 1.807) is 0 Å². The molecule has 0 aliphatic heterocycles. The number of carbonyl (C=O) groups is 1. The number of halogens is 1. The highest BCUT2D eigenvalue weighted by molar-refractivity contribution is 9.10. The molecule has 1 amide bonds. The molecule has 0 bridgehead atoms. The van der Waals surface area contributed by atoms with Crippen molar-refractivity contribution < 1.29 is 9.53 Å². The van der Waals surface area contributed by atoms with Crippen LogP contribution < -0.4 is 5.32 Å². The van der Waals surface area contributed by atoms with Gasteiger partial charge < -0.3 is 10.1 Å². The van der Waals surface area contributed by atoms with Crippen LogP contribution in [0.5, 0.6) is 0 Å². The van der Waals surface area contributed by atoms with Gasteiger partial charge in [-0.3, -0.25) is 0 Å². The molecule has 22 heavy (non-hydrogen) atoms. The van der Waals surface area contributed by atoms with Gasteiger partial charge in [0.2, 0.25) is 0 Å². The number of amides is 1. The number of carbonyl (C=O) groups excluding carboxylic acids is 1. The molecule has 2 atom stereocenters. The van der Waals surface area contributed by atoms with E-state index in [1.165, 1.54) is 11.1 Å². The summed E-state index contributed by atoms with van der Waals surface area (Å²) in [6, 6.07) is 16.2. The molecular formula is C18H18BrNO2. The van der Waals surface area contributed by atoms with Crippen LogP contribution in [0.4, 0.5) is 4.79 Å². The smallest absolute Gasteiger partial charge is 0.407 e. The van der Waals surface area contributed by atoms with Crippen LogP contribution in [-0.2, 0) is 11.3 Å². The van der Waals surface area contributed by atoms with Gasteiger partial charge in [0.1, 0.15) is 6.61 Å². The largest absolute Gasteiger partial charge is 0.445 e. The predicted molar refractivity (Wildman–Crippen MR) is 89.8 cm³/mol. The fourth-order valence-corrected chi connectivity index (χ4v) is 3.33. The van der Waals surface area contributed by atoms with Crippen LogP contribution in [0.1, 0.15) is 29.0 Å². The lowest BCUT2D eigenvalue weighted by Crippen LogP contribution is -2.27. The van der Waals surface area contributed by atoms with Crippen LogP contribution in [-0.4, -0.2) is 12.1 Å².